The van der Waals surface area contributed by atoms with Crippen LogP contribution in [0.1, 0.15) is 39.3 Å². The zero-order valence-electron chi connectivity index (χ0n) is 20.9. The highest BCUT2D eigenvalue weighted by molar-refractivity contribution is 7.89. The van der Waals surface area contributed by atoms with Crippen LogP contribution in [0.4, 0.5) is 5.95 Å². The van der Waals surface area contributed by atoms with Crippen molar-refractivity contribution in [1.29, 1.82) is 0 Å². The summed E-state index contributed by atoms with van der Waals surface area (Å²) < 4.78 is 35.5. The lowest BCUT2D eigenvalue weighted by Crippen LogP contribution is -2.42. The van der Waals surface area contributed by atoms with Crippen molar-refractivity contribution < 1.29 is 13.2 Å². The van der Waals surface area contributed by atoms with Crippen molar-refractivity contribution in [1.82, 2.24) is 18.8 Å². The minimum absolute atomic E-state index is 0.0145. The van der Waals surface area contributed by atoms with Crippen molar-refractivity contribution in [2.45, 2.75) is 44.2 Å². The van der Waals surface area contributed by atoms with E-state index >= 15 is 0 Å². The molecular formula is C26H31N5O3S. The molecule has 8 nitrogen and oxygen atoms in total. The number of ether oxygens (including phenoxy) is 1. The molecule has 2 aromatic carbocycles. The molecule has 184 valence electrons. The van der Waals surface area contributed by atoms with E-state index in [0.29, 0.717) is 11.5 Å². The van der Waals surface area contributed by atoms with Gasteiger partial charge in [0.25, 0.3) is 0 Å². The zero-order valence-corrected chi connectivity index (χ0v) is 21.7. The molecule has 1 atom stereocenters. The molecule has 0 spiro atoms. The second-order valence-corrected chi connectivity index (χ2v) is 11.4. The molecule has 2 heterocycles. The first-order valence-corrected chi connectivity index (χ1v) is 12.7. The molecule has 2 N–H and O–H groups in total. The fraction of sp³-hybridized carbons (Fsp3) is 0.308. The standard InChI is InChI=1S/C26H31N5O3S/c1-17(18-10-8-7-9-11-18)31-22-14-19(12-13-21(22)29-25(31)27)20-15-23(24(34-6)28-16-20)35(32,33)30(5)26(2,3)4/h7-17H,1-6H3,(H2,27,29)/t17-/m1/s1. The van der Waals surface area contributed by atoms with Crippen molar-refractivity contribution >= 4 is 27.0 Å². The van der Waals surface area contributed by atoms with Crippen molar-refractivity contribution in [2.24, 2.45) is 0 Å². The molecular weight excluding hydrogens is 462 g/mol. The SMILES string of the molecule is COc1ncc(-c2ccc3nc(N)n([C@H](C)c4ccccc4)c3c2)cc1S(=O)(=O)N(C)C(C)(C)C. The minimum atomic E-state index is -3.86. The Hall–Kier alpha value is -3.43. The number of nitrogens with zero attached hydrogens (tertiary/aromatic N) is 4. The van der Waals surface area contributed by atoms with E-state index in [2.05, 4.69) is 29.0 Å². The number of pyridine rings is 1. The average Bonchev–Trinajstić information content (AvgIpc) is 3.17. The lowest BCUT2D eigenvalue weighted by molar-refractivity contribution is 0.289. The van der Waals surface area contributed by atoms with Crippen LogP contribution in [0.15, 0.2) is 65.7 Å². The third kappa shape index (κ3) is 4.49. The van der Waals surface area contributed by atoms with Gasteiger partial charge in [-0.3, -0.25) is 0 Å². The van der Waals surface area contributed by atoms with Gasteiger partial charge in [-0.25, -0.2) is 18.4 Å². The Labute approximate surface area is 206 Å². The molecule has 0 unspecified atom stereocenters. The fourth-order valence-corrected chi connectivity index (χ4v) is 5.66. The molecule has 0 aliphatic carbocycles. The van der Waals surface area contributed by atoms with Crippen LogP contribution in [-0.4, -0.2) is 47.0 Å². The Morgan fingerprint density at radius 3 is 2.37 bits per heavy atom. The molecule has 0 aliphatic rings. The molecule has 35 heavy (non-hydrogen) atoms. The molecule has 2 aromatic heterocycles. The van der Waals surface area contributed by atoms with Crippen LogP contribution in [0.3, 0.4) is 0 Å². The van der Waals surface area contributed by atoms with Gasteiger partial charge in [-0.05, 0) is 57.0 Å². The van der Waals surface area contributed by atoms with Gasteiger partial charge in [0.2, 0.25) is 21.9 Å². The predicted octanol–water partition coefficient (Wildman–Crippen LogP) is 4.72. The second-order valence-electron chi connectivity index (χ2n) is 9.50. The first-order chi connectivity index (χ1) is 16.4. The summed E-state index contributed by atoms with van der Waals surface area (Å²) in [6, 6.07) is 17.4. The topological polar surface area (TPSA) is 103 Å². The highest BCUT2D eigenvalue weighted by atomic mass is 32.2. The van der Waals surface area contributed by atoms with Gasteiger partial charge in [0.15, 0.2) is 0 Å². The number of nitrogens with two attached hydrogens (primary N) is 1. The van der Waals surface area contributed by atoms with Crippen LogP contribution in [-0.2, 0) is 10.0 Å². The Morgan fingerprint density at radius 1 is 1.06 bits per heavy atom. The van der Waals surface area contributed by atoms with E-state index in [9.17, 15) is 8.42 Å². The Bertz CT molecular complexity index is 1470. The summed E-state index contributed by atoms with van der Waals surface area (Å²) in [6.07, 6.45) is 1.61. The van der Waals surface area contributed by atoms with E-state index in [0.717, 1.165) is 22.2 Å². The number of nitrogen functional groups attached to an aromatic ring is 1. The van der Waals surface area contributed by atoms with Crippen LogP contribution in [0, 0.1) is 0 Å². The third-order valence-corrected chi connectivity index (χ3v) is 8.43. The maximum absolute atomic E-state index is 13.4. The number of benzene rings is 2. The molecule has 0 amide bonds. The van der Waals surface area contributed by atoms with E-state index in [-0.39, 0.29) is 16.8 Å². The van der Waals surface area contributed by atoms with Crippen LogP contribution in [0.5, 0.6) is 5.88 Å². The Balaban J connectivity index is 1.85. The summed E-state index contributed by atoms with van der Waals surface area (Å²) in [5.41, 5.74) is 9.85. The van der Waals surface area contributed by atoms with E-state index in [4.69, 9.17) is 10.5 Å². The number of imidazole rings is 1. The number of methoxy groups -OCH3 is 1. The smallest absolute Gasteiger partial charge is 0.248 e. The van der Waals surface area contributed by atoms with E-state index in [1.165, 1.54) is 11.4 Å². The molecule has 0 aliphatic heterocycles. The zero-order chi connectivity index (χ0) is 25.5. The second kappa shape index (κ2) is 8.98. The minimum Gasteiger partial charge on any atom is -0.480 e. The normalized spacial score (nSPS) is 13.3. The van der Waals surface area contributed by atoms with Crippen molar-refractivity contribution in [2.75, 3.05) is 19.9 Å². The number of sulfonamides is 1. The van der Waals surface area contributed by atoms with Gasteiger partial charge in [0.05, 0.1) is 24.2 Å². The van der Waals surface area contributed by atoms with Gasteiger partial charge < -0.3 is 15.0 Å². The Kier molecular flexibility index (Phi) is 6.33. The molecule has 0 saturated carbocycles. The summed E-state index contributed by atoms with van der Waals surface area (Å²) >= 11 is 0. The summed E-state index contributed by atoms with van der Waals surface area (Å²) in [7, 11) is -0.889. The fourth-order valence-electron chi connectivity index (χ4n) is 4.01. The van der Waals surface area contributed by atoms with Gasteiger partial charge in [0.1, 0.15) is 4.90 Å². The lowest BCUT2D eigenvalue weighted by atomic mass is 10.1. The maximum atomic E-state index is 13.4. The molecule has 4 aromatic rings. The van der Waals surface area contributed by atoms with E-state index in [1.54, 1.807) is 19.3 Å². The molecule has 9 heteroatoms. The van der Waals surface area contributed by atoms with Gasteiger partial charge in [-0.1, -0.05) is 36.4 Å². The highest BCUT2D eigenvalue weighted by Crippen LogP contribution is 2.34. The average molecular weight is 494 g/mol. The van der Waals surface area contributed by atoms with Gasteiger partial charge >= 0.3 is 0 Å². The highest BCUT2D eigenvalue weighted by Gasteiger charge is 2.33. The number of rotatable bonds is 6. The number of aromatic nitrogens is 3. The Morgan fingerprint density at radius 2 is 1.74 bits per heavy atom. The summed E-state index contributed by atoms with van der Waals surface area (Å²) in [5.74, 6) is 0.467. The van der Waals surface area contributed by atoms with Crippen LogP contribution < -0.4 is 10.5 Å². The lowest BCUT2D eigenvalue weighted by Gasteiger charge is -2.31. The number of hydrogen-bond donors (Lipinski definition) is 1. The van der Waals surface area contributed by atoms with Gasteiger partial charge in [-0.2, -0.15) is 4.31 Å². The molecule has 0 radical (unpaired) electrons. The largest absolute Gasteiger partial charge is 0.480 e. The first kappa shape index (κ1) is 24.7. The van der Waals surface area contributed by atoms with Gasteiger partial charge in [0, 0.05) is 24.3 Å². The number of hydrogen-bond acceptors (Lipinski definition) is 6. The molecule has 0 saturated heterocycles. The van der Waals surface area contributed by atoms with Crippen molar-refractivity contribution in [3.63, 3.8) is 0 Å². The first-order valence-electron chi connectivity index (χ1n) is 11.3. The number of fused-ring (bicyclic) bond motifs is 1. The van der Waals surface area contributed by atoms with E-state index in [1.807, 2.05) is 61.7 Å². The third-order valence-electron chi connectivity index (χ3n) is 6.31. The van der Waals surface area contributed by atoms with Gasteiger partial charge in [-0.15, -0.1) is 0 Å². The monoisotopic (exact) mass is 493 g/mol. The van der Waals surface area contributed by atoms with E-state index < -0.39 is 15.6 Å². The van der Waals surface area contributed by atoms with Crippen molar-refractivity contribution in [3.05, 3.63) is 66.4 Å². The molecule has 4 rings (SSSR count). The quantitative estimate of drug-likeness (QED) is 0.417. The summed E-state index contributed by atoms with van der Waals surface area (Å²) in [5, 5.41) is 0. The number of anilines is 1. The van der Waals surface area contributed by atoms with Crippen LogP contribution >= 0.6 is 0 Å². The maximum Gasteiger partial charge on any atom is 0.248 e. The summed E-state index contributed by atoms with van der Waals surface area (Å²) in [6.45, 7) is 7.58. The summed E-state index contributed by atoms with van der Waals surface area (Å²) in [4.78, 5) is 8.87. The molecule has 0 bridgehead atoms. The van der Waals surface area contributed by atoms with Crippen LogP contribution in [0.25, 0.3) is 22.2 Å². The van der Waals surface area contributed by atoms with Crippen LogP contribution in [0.2, 0.25) is 0 Å². The molecule has 0 fully saturated rings. The predicted molar refractivity (Wildman–Crippen MR) is 139 cm³/mol. The van der Waals surface area contributed by atoms with Crippen molar-refractivity contribution in [3.8, 4) is 17.0 Å².